The van der Waals surface area contributed by atoms with Gasteiger partial charge in [0.25, 0.3) is 0 Å². The Labute approximate surface area is 134 Å². The molecular formula is C13H11F3N4O3S. The smallest absolute Gasteiger partial charge is 0.404 e. The molecule has 0 amide bonds. The summed E-state index contributed by atoms with van der Waals surface area (Å²) >= 11 is 0. The van der Waals surface area contributed by atoms with E-state index >= 15 is 0 Å². The molecule has 0 unspecified atom stereocenters. The lowest BCUT2D eigenvalue weighted by Crippen LogP contribution is -2.39. The minimum Gasteiger partial charge on any atom is -0.404 e. The Balaban J connectivity index is 2.06. The van der Waals surface area contributed by atoms with E-state index in [1.165, 1.54) is 18.0 Å². The van der Waals surface area contributed by atoms with Crippen molar-refractivity contribution in [2.75, 3.05) is 17.2 Å². The van der Waals surface area contributed by atoms with Crippen LogP contribution in [0.15, 0.2) is 33.9 Å². The zero-order chi connectivity index (χ0) is 17.5. The molecule has 3 rings (SSSR count). The Morgan fingerprint density at radius 2 is 2.12 bits per heavy atom. The molecule has 0 saturated heterocycles. The van der Waals surface area contributed by atoms with Crippen LogP contribution in [0.1, 0.15) is 12.5 Å². The van der Waals surface area contributed by atoms with E-state index in [2.05, 4.69) is 15.0 Å². The molecule has 0 N–H and O–H groups in total. The summed E-state index contributed by atoms with van der Waals surface area (Å²) in [6.45, 7) is 1.56. The third kappa shape index (κ3) is 2.86. The second-order valence-corrected chi connectivity index (χ2v) is 7.02. The maximum atomic E-state index is 12.7. The van der Waals surface area contributed by atoms with Gasteiger partial charge in [0.1, 0.15) is 5.52 Å². The van der Waals surface area contributed by atoms with Gasteiger partial charge in [-0.05, 0) is 12.1 Å². The summed E-state index contributed by atoms with van der Waals surface area (Å²) in [5.74, 6) is -0.188. The Morgan fingerprint density at radius 3 is 2.79 bits per heavy atom. The van der Waals surface area contributed by atoms with E-state index in [0.717, 1.165) is 6.07 Å². The molecule has 7 nitrogen and oxygen atoms in total. The quantitative estimate of drug-likeness (QED) is 0.817. The minimum absolute atomic E-state index is 0.108. The second-order valence-electron chi connectivity index (χ2n) is 4.85. The van der Waals surface area contributed by atoms with Crippen LogP contribution in [0.25, 0.3) is 11.2 Å². The van der Waals surface area contributed by atoms with E-state index in [0.29, 0.717) is 6.20 Å². The Kier molecular flexibility index (Phi) is 3.82. The van der Waals surface area contributed by atoms with E-state index in [9.17, 15) is 21.6 Å². The molecule has 11 heteroatoms. The third-order valence-electron chi connectivity index (χ3n) is 3.26. The molecule has 0 fully saturated rings. The molecule has 0 aromatic carbocycles. The zero-order valence-electron chi connectivity index (χ0n) is 12.3. The average Bonchev–Trinajstić information content (AvgIpc) is 2.97. The van der Waals surface area contributed by atoms with Crippen LogP contribution in [0.5, 0.6) is 0 Å². The molecule has 0 atom stereocenters. The molecule has 0 saturated carbocycles. The predicted octanol–water partition coefficient (Wildman–Crippen LogP) is 2.37. The topological polar surface area (TPSA) is 88.7 Å². The predicted molar refractivity (Wildman–Crippen MR) is 80.2 cm³/mol. The molecule has 2 aromatic rings. The number of halogens is 3. The van der Waals surface area contributed by atoms with E-state index in [1.807, 2.05) is 0 Å². The first-order valence-electron chi connectivity index (χ1n) is 6.79. The molecule has 128 valence electrons. The maximum Gasteiger partial charge on any atom is 0.417 e. The van der Waals surface area contributed by atoms with Crippen LogP contribution >= 0.6 is 0 Å². The lowest BCUT2D eigenvalue weighted by molar-refractivity contribution is -0.137. The summed E-state index contributed by atoms with van der Waals surface area (Å²) < 4.78 is 67.7. The Hall–Kier alpha value is -2.43. The second kappa shape index (κ2) is 5.58. The van der Waals surface area contributed by atoms with Gasteiger partial charge in [0.15, 0.2) is 0 Å². The molecule has 24 heavy (non-hydrogen) atoms. The van der Waals surface area contributed by atoms with Gasteiger partial charge >= 0.3 is 12.2 Å². The highest BCUT2D eigenvalue weighted by molar-refractivity contribution is 8.06. The van der Waals surface area contributed by atoms with Gasteiger partial charge in [-0.3, -0.25) is 4.90 Å². The van der Waals surface area contributed by atoms with Crippen molar-refractivity contribution in [2.24, 2.45) is 4.99 Å². The summed E-state index contributed by atoms with van der Waals surface area (Å²) in [4.78, 5) is 12.5. The number of aliphatic imine (C=N–C) groups is 1. The highest BCUT2D eigenvalue weighted by Gasteiger charge is 2.33. The standard InChI is InChI=1S/C13H11F3N4O3S/c1-2-24(21,22)12-17-4-3-5-20(12)11-19-9-6-8(13(14,15)16)7-18-10(9)23-11/h3-4,6-7H,2,5H2,1H3. The van der Waals surface area contributed by atoms with Crippen LogP contribution in [0, 0.1) is 0 Å². The SMILES string of the molecule is CCS(=O)(=O)C1=NC=CCN1c1nc2cc(C(F)(F)F)cnc2o1. The van der Waals surface area contributed by atoms with Gasteiger partial charge in [-0.25, -0.2) is 18.4 Å². The number of rotatable bonds is 2. The first-order valence-corrected chi connectivity index (χ1v) is 8.44. The Morgan fingerprint density at radius 1 is 1.38 bits per heavy atom. The van der Waals surface area contributed by atoms with Gasteiger partial charge in [-0.2, -0.15) is 18.2 Å². The lowest BCUT2D eigenvalue weighted by Gasteiger charge is -2.21. The molecule has 1 aliphatic rings. The van der Waals surface area contributed by atoms with Crippen molar-refractivity contribution in [2.45, 2.75) is 13.1 Å². The van der Waals surface area contributed by atoms with Gasteiger partial charge in [-0.1, -0.05) is 6.92 Å². The number of pyridine rings is 1. The van der Waals surface area contributed by atoms with Gasteiger partial charge in [-0.15, -0.1) is 0 Å². The molecule has 0 aliphatic carbocycles. The number of alkyl halides is 3. The first kappa shape index (κ1) is 16.4. The summed E-state index contributed by atoms with van der Waals surface area (Å²) in [5.41, 5.74) is -1.22. The average molecular weight is 360 g/mol. The summed E-state index contributed by atoms with van der Waals surface area (Å²) in [6.07, 6.45) is -1.03. The van der Waals surface area contributed by atoms with E-state index in [1.54, 1.807) is 6.08 Å². The van der Waals surface area contributed by atoms with Crippen LogP contribution in [0.3, 0.4) is 0 Å². The lowest BCUT2D eigenvalue weighted by atomic mass is 10.3. The van der Waals surface area contributed by atoms with E-state index in [-0.39, 0.29) is 34.7 Å². The molecule has 0 bridgehead atoms. The summed E-state index contributed by atoms with van der Waals surface area (Å²) in [6, 6.07) is 0.609. The summed E-state index contributed by atoms with van der Waals surface area (Å²) in [5, 5.41) is -0.268. The van der Waals surface area contributed by atoms with Crippen LogP contribution in [-0.2, 0) is 16.0 Å². The van der Waals surface area contributed by atoms with Crippen molar-refractivity contribution in [1.29, 1.82) is 0 Å². The van der Waals surface area contributed by atoms with Crippen molar-refractivity contribution in [1.82, 2.24) is 9.97 Å². The monoisotopic (exact) mass is 360 g/mol. The fraction of sp³-hybridized carbons (Fsp3) is 0.308. The fourth-order valence-electron chi connectivity index (χ4n) is 2.04. The molecule has 3 heterocycles. The van der Waals surface area contributed by atoms with Crippen molar-refractivity contribution in [3.8, 4) is 0 Å². The molecular weight excluding hydrogens is 349 g/mol. The fourth-order valence-corrected chi connectivity index (χ4v) is 3.00. The van der Waals surface area contributed by atoms with E-state index in [4.69, 9.17) is 4.42 Å². The van der Waals surface area contributed by atoms with Crippen molar-refractivity contribution >= 4 is 32.2 Å². The normalized spacial score (nSPS) is 15.8. The van der Waals surface area contributed by atoms with Gasteiger partial charge in [0.2, 0.25) is 20.7 Å². The number of hydrogen-bond acceptors (Lipinski definition) is 7. The highest BCUT2D eigenvalue weighted by Crippen LogP contribution is 2.31. The van der Waals surface area contributed by atoms with Crippen molar-refractivity contribution < 1.29 is 26.0 Å². The van der Waals surface area contributed by atoms with Gasteiger partial charge < -0.3 is 4.42 Å². The van der Waals surface area contributed by atoms with Crippen LogP contribution in [0.2, 0.25) is 0 Å². The summed E-state index contributed by atoms with van der Waals surface area (Å²) in [7, 11) is -3.66. The minimum atomic E-state index is -4.56. The molecule has 0 radical (unpaired) electrons. The maximum absolute atomic E-state index is 12.7. The number of nitrogens with zero attached hydrogens (tertiary/aromatic N) is 4. The number of oxazole rings is 1. The molecule has 0 spiro atoms. The van der Waals surface area contributed by atoms with Gasteiger partial charge in [0, 0.05) is 18.9 Å². The van der Waals surface area contributed by atoms with Gasteiger partial charge in [0.05, 0.1) is 11.3 Å². The highest BCUT2D eigenvalue weighted by atomic mass is 32.2. The third-order valence-corrected chi connectivity index (χ3v) is 4.90. The Bertz CT molecular complexity index is 947. The number of amidine groups is 1. The van der Waals surface area contributed by atoms with Crippen molar-refractivity contribution in [3.63, 3.8) is 0 Å². The number of aromatic nitrogens is 2. The van der Waals surface area contributed by atoms with Crippen LogP contribution in [-0.4, -0.2) is 35.9 Å². The van der Waals surface area contributed by atoms with Crippen molar-refractivity contribution in [3.05, 3.63) is 30.1 Å². The number of sulfone groups is 1. The van der Waals surface area contributed by atoms with Crippen LogP contribution in [0.4, 0.5) is 19.2 Å². The number of fused-ring (bicyclic) bond motifs is 1. The number of hydrogen-bond donors (Lipinski definition) is 0. The largest absolute Gasteiger partial charge is 0.417 e. The number of anilines is 1. The molecule has 1 aliphatic heterocycles. The zero-order valence-corrected chi connectivity index (χ0v) is 13.1. The first-order chi connectivity index (χ1) is 11.2. The van der Waals surface area contributed by atoms with E-state index < -0.39 is 21.6 Å². The molecule has 2 aromatic heterocycles. The van der Waals surface area contributed by atoms with Crippen LogP contribution < -0.4 is 4.90 Å².